The predicted molar refractivity (Wildman–Crippen MR) is 107 cm³/mol. The third-order valence-electron chi connectivity index (χ3n) is 5.71. The van der Waals surface area contributed by atoms with Crippen molar-refractivity contribution in [1.29, 1.82) is 0 Å². The molecule has 2 aliphatic heterocycles. The molecule has 1 atom stereocenters. The van der Waals surface area contributed by atoms with Crippen molar-refractivity contribution in [3.05, 3.63) is 42.0 Å². The van der Waals surface area contributed by atoms with Crippen LogP contribution < -0.4 is 4.74 Å². The normalized spacial score (nSPS) is 20.2. The lowest BCUT2D eigenvalue weighted by atomic mass is 9.95. The average Bonchev–Trinajstić information content (AvgIpc) is 2.78. The van der Waals surface area contributed by atoms with Crippen molar-refractivity contribution < 1.29 is 19.1 Å². The van der Waals surface area contributed by atoms with Gasteiger partial charge in [0.1, 0.15) is 5.75 Å². The third kappa shape index (κ3) is 3.56. The number of methoxy groups -OCH3 is 1. The van der Waals surface area contributed by atoms with Crippen LogP contribution in [0.15, 0.2) is 36.4 Å². The van der Waals surface area contributed by atoms with E-state index in [-0.39, 0.29) is 17.7 Å². The second kappa shape index (κ2) is 8.19. The van der Waals surface area contributed by atoms with Gasteiger partial charge in [-0.3, -0.25) is 9.59 Å². The van der Waals surface area contributed by atoms with E-state index in [0.717, 1.165) is 29.4 Å². The molecule has 2 amide bonds. The number of hydrogen-bond acceptors (Lipinski definition) is 4. The van der Waals surface area contributed by atoms with Crippen molar-refractivity contribution in [2.45, 2.75) is 12.8 Å². The molecule has 0 spiro atoms. The maximum atomic E-state index is 13.3. The number of amides is 2. The molecule has 148 valence electrons. The average molecular weight is 382 g/mol. The van der Waals surface area contributed by atoms with Crippen LogP contribution in [0.2, 0.25) is 0 Å². The van der Waals surface area contributed by atoms with Crippen LogP contribution in [-0.2, 0) is 9.53 Å². The molecule has 6 nitrogen and oxygen atoms in total. The molecule has 4 rings (SSSR count). The van der Waals surface area contributed by atoms with Gasteiger partial charge in [0.25, 0.3) is 5.91 Å². The Kier molecular flexibility index (Phi) is 5.48. The number of hydrogen-bond donors (Lipinski definition) is 0. The van der Waals surface area contributed by atoms with E-state index < -0.39 is 0 Å². The van der Waals surface area contributed by atoms with Crippen LogP contribution in [0.3, 0.4) is 0 Å². The Hall–Kier alpha value is -2.60. The number of fused-ring (bicyclic) bond motifs is 1. The summed E-state index contributed by atoms with van der Waals surface area (Å²) in [6.45, 7) is 3.65. The molecular weight excluding hydrogens is 356 g/mol. The highest BCUT2D eigenvalue weighted by Crippen LogP contribution is 2.30. The molecule has 2 aromatic carbocycles. The quantitative estimate of drug-likeness (QED) is 0.819. The van der Waals surface area contributed by atoms with Crippen LogP contribution in [0.5, 0.6) is 5.75 Å². The van der Waals surface area contributed by atoms with E-state index in [4.69, 9.17) is 9.47 Å². The number of morpholine rings is 1. The Balaban J connectivity index is 1.55. The van der Waals surface area contributed by atoms with Crippen molar-refractivity contribution in [2.75, 3.05) is 46.5 Å². The van der Waals surface area contributed by atoms with E-state index in [2.05, 4.69) is 0 Å². The number of piperidine rings is 1. The highest BCUT2D eigenvalue weighted by Gasteiger charge is 2.32. The summed E-state index contributed by atoms with van der Waals surface area (Å²) in [5, 5.41) is 1.81. The zero-order valence-corrected chi connectivity index (χ0v) is 16.2. The largest absolute Gasteiger partial charge is 0.496 e. The molecule has 0 aliphatic carbocycles. The van der Waals surface area contributed by atoms with Crippen LogP contribution >= 0.6 is 0 Å². The lowest BCUT2D eigenvalue weighted by Crippen LogP contribution is -2.49. The lowest BCUT2D eigenvalue weighted by Gasteiger charge is -2.36. The van der Waals surface area contributed by atoms with Gasteiger partial charge in [0.2, 0.25) is 5.91 Å². The van der Waals surface area contributed by atoms with Crippen molar-refractivity contribution in [3.8, 4) is 5.75 Å². The van der Waals surface area contributed by atoms with Crippen LogP contribution in [0.1, 0.15) is 23.2 Å². The molecule has 2 aromatic rings. The highest BCUT2D eigenvalue weighted by molar-refractivity contribution is 6.08. The number of carbonyl (C=O) groups excluding carboxylic acids is 2. The lowest BCUT2D eigenvalue weighted by molar-refractivity contribution is -0.141. The Morgan fingerprint density at radius 2 is 1.75 bits per heavy atom. The molecular formula is C22H26N2O4. The molecule has 2 heterocycles. The maximum absolute atomic E-state index is 13.3. The highest BCUT2D eigenvalue weighted by atomic mass is 16.5. The van der Waals surface area contributed by atoms with E-state index >= 15 is 0 Å². The molecule has 0 aromatic heterocycles. The van der Waals surface area contributed by atoms with Crippen LogP contribution in [-0.4, -0.2) is 68.1 Å². The number of rotatable bonds is 3. The van der Waals surface area contributed by atoms with E-state index in [1.54, 1.807) is 7.11 Å². The first-order valence-electron chi connectivity index (χ1n) is 9.90. The first kappa shape index (κ1) is 18.7. The molecule has 0 radical (unpaired) electrons. The van der Waals surface area contributed by atoms with Gasteiger partial charge in [-0.2, -0.15) is 0 Å². The number of likely N-dealkylation sites (tertiary alicyclic amines) is 1. The van der Waals surface area contributed by atoms with Gasteiger partial charge in [0.05, 0.1) is 26.2 Å². The van der Waals surface area contributed by atoms with E-state index in [1.807, 2.05) is 46.2 Å². The maximum Gasteiger partial charge on any atom is 0.254 e. The first-order chi connectivity index (χ1) is 13.7. The first-order valence-corrected chi connectivity index (χ1v) is 9.90. The summed E-state index contributed by atoms with van der Waals surface area (Å²) in [4.78, 5) is 29.9. The molecule has 2 aliphatic rings. The number of nitrogens with zero attached hydrogens (tertiary/aromatic N) is 2. The number of ether oxygens (including phenoxy) is 2. The molecule has 28 heavy (non-hydrogen) atoms. The smallest absolute Gasteiger partial charge is 0.254 e. The summed E-state index contributed by atoms with van der Waals surface area (Å²) >= 11 is 0. The van der Waals surface area contributed by atoms with Gasteiger partial charge < -0.3 is 19.3 Å². The topological polar surface area (TPSA) is 59.1 Å². The SMILES string of the molecule is COc1ccc(C(=O)N2CCCC(C(=O)N3CCOCC3)C2)c2ccccc12. The zero-order chi connectivity index (χ0) is 19.5. The summed E-state index contributed by atoms with van der Waals surface area (Å²) < 4.78 is 10.8. The fourth-order valence-electron chi connectivity index (χ4n) is 4.21. The Labute approximate surface area is 165 Å². The predicted octanol–water partition coefficient (Wildman–Crippen LogP) is 2.56. The van der Waals surface area contributed by atoms with Gasteiger partial charge >= 0.3 is 0 Å². The molecule has 2 fully saturated rings. The minimum atomic E-state index is -0.125. The zero-order valence-electron chi connectivity index (χ0n) is 16.2. The summed E-state index contributed by atoms with van der Waals surface area (Å²) in [5.41, 5.74) is 0.663. The molecule has 2 saturated heterocycles. The van der Waals surface area contributed by atoms with Crippen LogP contribution in [0.25, 0.3) is 10.8 Å². The van der Waals surface area contributed by atoms with Gasteiger partial charge in [-0.05, 0) is 30.4 Å². The monoisotopic (exact) mass is 382 g/mol. The van der Waals surface area contributed by atoms with E-state index in [0.29, 0.717) is 45.0 Å². The molecule has 0 N–H and O–H groups in total. The summed E-state index contributed by atoms with van der Waals surface area (Å²) in [6, 6.07) is 11.5. The molecule has 0 bridgehead atoms. The summed E-state index contributed by atoms with van der Waals surface area (Å²) in [6.07, 6.45) is 1.68. The van der Waals surface area contributed by atoms with Gasteiger partial charge in [0.15, 0.2) is 0 Å². The van der Waals surface area contributed by atoms with Crippen LogP contribution in [0.4, 0.5) is 0 Å². The summed E-state index contributed by atoms with van der Waals surface area (Å²) in [5.74, 6) is 0.769. The van der Waals surface area contributed by atoms with Crippen molar-refractivity contribution in [1.82, 2.24) is 9.80 Å². The van der Waals surface area contributed by atoms with Gasteiger partial charge in [-0.15, -0.1) is 0 Å². The Morgan fingerprint density at radius 1 is 1.00 bits per heavy atom. The minimum Gasteiger partial charge on any atom is -0.496 e. The van der Waals surface area contributed by atoms with E-state index in [1.165, 1.54) is 0 Å². The number of benzene rings is 2. The van der Waals surface area contributed by atoms with Gasteiger partial charge in [0, 0.05) is 37.1 Å². The Morgan fingerprint density at radius 3 is 2.50 bits per heavy atom. The fourth-order valence-corrected chi connectivity index (χ4v) is 4.21. The van der Waals surface area contributed by atoms with Crippen molar-refractivity contribution in [3.63, 3.8) is 0 Å². The Bertz CT molecular complexity index is 876. The molecule has 6 heteroatoms. The fraction of sp³-hybridized carbons (Fsp3) is 0.455. The number of carbonyl (C=O) groups is 2. The van der Waals surface area contributed by atoms with Crippen molar-refractivity contribution >= 4 is 22.6 Å². The summed E-state index contributed by atoms with van der Waals surface area (Å²) in [7, 11) is 1.63. The standard InChI is InChI=1S/C22H26N2O4/c1-27-20-9-8-19(17-6-2-3-7-18(17)20)22(26)24-10-4-5-16(15-24)21(25)23-11-13-28-14-12-23/h2-3,6-9,16H,4-5,10-15H2,1H3. The molecule has 0 saturated carbocycles. The van der Waals surface area contributed by atoms with Gasteiger partial charge in [-0.1, -0.05) is 24.3 Å². The van der Waals surface area contributed by atoms with Gasteiger partial charge in [-0.25, -0.2) is 0 Å². The van der Waals surface area contributed by atoms with Crippen molar-refractivity contribution in [2.24, 2.45) is 5.92 Å². The molecule has 1 unspecified atom stereocenters. The van der Waals surface area contributed by atoms with E-state index in [9.17, 15) is 9.59 Å². The third-order valence-corrected chi connectivity index (χ3v) is 5.71. The second-order valence-corrected chi connectivity index (χ2v) is 7.39. The second-order valence-electron chi connectivity index (χ2n) is 7.39. The minimum absolute atomic E-state index is 0.0154. The van der Waals surface area contributed by atoms with Crippen LogP contribution in [0, 0.1) is 5.92 Å².